The molecule has 0 bridgehead atoms. The van der Waals surface area contributed by atoms with Gasteiger partial charge in [0, 0.05) is 27.0 Å². The molecule has 3 nitrogen and oxygen atoms in total. The molecule has 0 fully saturated rings. The number of pyridine rings is 2. The number of aromatic nitrogens is 2. The molecule has 0 saturated heterocycles. The number of halogens is 2. The second kappa shape index (κ2) is 5.50. The molecule has 3 rings (SSSR count). The van der Waals surface area contributed by atoms with Crippen LogP contribution in [-0.2, 0) is 0 Å². The molecule has 0 unspecified atom stereocenters. The van der Waals surface area contributed by atoms with Crippen molar-refractivity contribution in [3.05, 3.63) is 57.2 Å². The van der Waals surface area contributed by atoms with Crippen molar-refractivity contribution in [3.63, 3.8) is 0 Å². The largest absolute Gasteiger partial charge is 0.353 e. The number of nitrogens with one attached hydrogen (secondary N) is 1. The van der Waals surface area contributed by atoms with Crippen LogP contribution >= 0.6 is 31.9 Å². The highest BCUT2D eigenvalue weighted by molar-refractivity contribution is 9.10. The number of hydrogen-bond donors (Lipinski definition) is 1. The van der Waals surface area contributed by atoms with Crippen LogP contribution < -0.4 is 5.32 Å². The highest BCUT2D eigenvalue weighted by Crippen LogP contribution is 2.29. The molecule has 1 N–H and O–H groups in total. The molecule has 0 aliphatic carbocycles. The van der Waals surface area contributed by atoms with Gasteiger partial charge in [-0.15, -0.1) is 0 Å². The minimum atomic E-state index is 0.857. The molecule has 0 spiro atoms. The van der Waals surface area contributed by atoms with Crippen LogP contribution in [0.5, 0.6) is 0 Å². The zero-order valence-electron chi connectivity index (χ0n) is 10.7. The summed E-state index contributed by atoms with van der Waals surface area (Å²) in [6.07, 6.45) is 3.56. The zero-order valence-corrected chi connectivity index (χ0v) is 13.9. The first kappa shape index (κ1) is 13.5. The number of rotatable bonds is 2. The summed E-state index contributed by atoms with van der Waals surface area (Å²) < 4.78 is 2.00. The van der Waals surface area contributed by atoms with E-state index in [0.717, 1.165) is 36.9 Å². The van der Waals surface area contributed by atoms with E-state index >= 15 is 0 Å². The maximum Gasteiger partial charge on any atom is 0.112 e. The summed E-state index contributed by atoms with van der Waals surface area (Å²) in [4.78, 5) is 8.79. The highest BCUT2D eigenvalue weighted by Gasteiger charge is 2.07. The summed E-state index contributed by atoms with van der Waals surface area (Å²) in [5, 5.41) is 3.43. The standard InChI is InChI=1S/C15H11Br2N3/c1-9-11(17)3-2-4-12(9)20-13-5-6-18-14-7-10(16)8-19-15(13)14/h2-8H,1H3,(H,18,20). The van der Waals surface area contributed by atoms with E-state index in [0.29, 0.717) is 0 Å². The fourth-order valence-electron chi connectivity index (χ4n) is 1.99. The van der Waals surface area contributed by atoms with Crippen molar-refractivity contribution in [1.82, 2.24) is 9.97 Å². The number of anilines is 2. The summed E-state index contributed by atoms with van der Waals surface area (Å²) in [7, 11) is 0. The predicted molar refractivity (Wildman–Crippen MR) is 89.4 cm³/mol. The molecular formula is C15H11Br2N3. The van der Waals surface area contributed by atoms with E-state index in [9.17, 15) is 0 Å². The second-order valence-electron chi connectivity index (χ2n) is 4.42. The van der Waals surface area contributed by atoms with Gasteiger partial charge in [-0.1, -0.05) is 22.0 Å². The third-order valence-corrected chi connectivity index (χ3v) is 4.37. The van der Waals surface area contributed by atoms with Gasteiger partial charge in [-0.3, -0.25) is 9.97 Å². The maximum absolute atomic E-state index is 4.45. The fraction of sp³-hybridized carbons (Fsp3) is 0.0667. The van der Waals surface area contributed by atoms with Gasteiger partial charge in [0.05, 0.1) is 11.2 Å². The Hall–Kier alpha value is -1.46. The lowest BCUT2D eigenvalue weighted by Crippen LogP contribution is -1.96. The summed E-state index contributed by atoms with van der Waals surface area (Å²) in [5.41, 5.74) is 4.88. The summed E-state index contributed by atoms with van der Waals surface area (Å²) >= 11 is 6.96. The van der Waals surface area contributed by atoms with Gasteiger partial charge in [0.1, 0.15) is 5.52 Å². The number of nitrogens with zero attached hydrogens (tertiary/aromatic N) is 2. The van der Waals surface area contributed by atoms with Crippen LogP contribution in [0.3, 0.4) is 0 Å². The number of fused-ring (bicyclic) bond motifs is 1. The number of hydrogen-bond acceptors (Lipinski definition) is 3. The molecule has 2 heterocycles. The zero-order chi connectivity index (χ0) is 14.1. The van der Waals surface area contributed by atoms with Crippen molar-refractivity contribution in [3.8, 4) is 0 Å². The molecule has 20 heavy (non-hydrogen) atoms. The van der Waals surface area contributed by atoms with Crippen LogP contribution in [0.1, 0.15) is 5.56 Å². The van der Waals surface area contributed by atoms with E-state index in [2.05, 4.69) is 54.1 Å². The Balaban J connectivity index is 2.09. The lowest BCUT2D eigenvalue weighted by molar-refractivity contribution is 1.31. The second-order valence-corrected chi connectivity index (χ2v) is 6.19. The summed E-state index contributed by atoms with van der Waals surface area (Å²) in [6, 6.07) is 9.98. The van der Waals surface area contributed by atoms with Crippen LogP contribution in [-0.4, -0.2) is 9.97 Å². The predicted octanol–water partition coefficient (Wildman–Crippen LogP) is 5.21. The first-order valence-corrected chi connectivity index (χ1v) is 7.66. The monoisotopic (exact) mass is 391 g/mol. The van der Waals surface area contributed by atoms with Crippen molar-refractivity contribution in [2.75, 3.05) is 5.32 Å². The van der Waals surface area contributed by atoms with Gasteiger partial charge in [0.2, 0.25) is 0 Å². The van der Waals surface area contributed by atoms with Crippen LogP contribution in [0.4, 0.5) is 11.4 Å². The first-order valence-electron chi connectivity index (χ1n) is 6.07. The molecule has 0 amide bonds. The smallest absolute Gasteiger partial charge is 0.112 e. The molecule has 0 atom stereocenters. The summed E-state index contributed by atoms with van der Waals surface area (Å²) in [6.45, 7) is 2.07. The Morgan fingerprint density at radius 2 is 1.90 bits per heavy atom. The summed E-state index contributed by atoms with van der Waals surface area (Å²) in [5.74, 6) is 0. The van der Waals surface area contributed by atoms with Gasteiger partial charge < -0.3 is 5.32 Å². The van der Waals surface area contributed by atoms with E-state index in [1.165, 1.54) is 0 Å². The van der Waals surface area contributed by atoms with E-state index in [1.54, 1.807) is 12.4 Å². The van der Waals surface area contributed by atoms with Crippen molar-refractivity contribution < 1.29 is 0 Å². The van der Waals surface area contributed by atoms with Crippen molar-refractivity contribution in [2.45, 2.75) is 6.92 Å². The van der Waals surface area contributed by atoms with Crippen LogP contribution in [0, 0.1) is 6.92 Å². The number of benzene rings is 1. The first-order chi connectivity index (χ1) is 9.65. The van der Waals surface area contributed by atoms with Crippen LogP contribution in [0.25, 0.3) is 11.0 Å². The third kappa shape index (κ3) is 2.55. The Morgan fingerprint density at radius 1 is 1.05 bits per heavy atom. The topological polar surface area (TPSA) is 37.8 Å². The lowest BCUT2D eigenvalue weighted by Gasteiger charge is -2.12. The Kier molecular flexibility index (Phi) is 3.72. The molecule has 100 valence electrons. The van der Waals surface area contributed by atoms with E-state index in [-0.39, 0.29) is 0 Å². The highest BCUT2D eigenvalue weighted by atomic mass is 79.9. The quantitative estimate of drug-likeness (QED) is 0.650. The SMILES string of the molecule is Cc1c(Br)cccc1Nc1ccnc2cc(Br)cnc12. The molecule has 0 radical (unpaired) electrons. The maximum atomic E-state index is 4.45. The molecule has 2 aromatic heterocycles. The van der Waals surface area contributed by atoms with Crippen molar-refractivity contribution in [1.29, 1.82) is 0 Å². The molecule has 0 aliphatic rings. The van der Waals surface area contributed by atoms with Gasteiger partial charge >= 0.3 is 0 Å². The molecule has 0 aliphatic heterocycles. The Morgan fingerprint density at radius 3 is 2.75 bits per heavy atom. The van der Waals surface area contributed by atoms with Crippen LogP contribution in [0.15, 0.2) is 51.7 Å². The normalized spacial score (nSPS) is 10.8. The minimum Gasteiger partial charge on any atom is -0.353 e. The van der Waals surface area contributed by atoms with Crippen molar-refractivity contribution in [2.24, 2.45) is 0 Å². The van der Waals surface area contributed by atoms with E-state index < -0.39 is 0 Å². The molecule has 3 aromatic rings. The molecular weight excluding hydrogens is 382 g/mol. The van der Waals surface area contributed by atoms with Gasteiger partial charge in [0.15, 0.2) is 0 Å². The molecule has 1 aromatic carbocycles. The van der Waals surface area contributed by atoms with Crippen LogP contribution in [0.2, 0.25) is 0 Å². The Bertz CT molecular complexity index is 787. The van der Waals surface area contributed by atoms with Gasteiger partial charge in [-0.2, -0.15) is 0 Å². The Labute approximate surface area is 133 Å². The lowest BCUT2D eigenvalue weighted by atomic mass is 10.2. The average molecular weight is 393 g/mol. The van der Waals surface area contributed by atoms with E-state index in [4.69, 9.17) is 0 Å². The van der Waals surface area contributed by atoms with Gasteiger partial charge in [-0.25, -0.2) is 0 Å². The van der Waals surface area contributed by atoms with E-state index in [1.807, 2.05) is 30.3 Å². The average Bonchev–Trinajstić information content (AvgIpc) is 2.44. The van der Waals surface area contributed by atoms with Gasteiger partial charge in [-0.05, 0) is 52.7 Å². The third-order valence-electron chi connectivity index (χ3n) is 3.08. The molecule has 0 saturated carbocycles. The van der Waals surface area contributed by atoms with Gasteiger partial charge in [0.25, 0.3) is 0 Å². The molecule has 5 heteroatoms. The van der Waals surface area contributed by atoms with Crippen molar-refractivity contribution >= 4 is 54.3 Å². The minimum absolute atomic E-state index is 0.857. The fourth-order valence-corrected chi connectivity index (χ4v) is 2.68.